The second-order valence-corrected chi connectivity index (χ2v) is 9.78. The van der Waals surface area contributed by atoms with E-state index in [-0.39, 0.29) is 27.8 Å². The molecule has 2 aromatic rings. The molecule has 3 rings (SSSR count). The first-order valence-electron chi connectivity index (χ1n) is 8.31. The molecule has 0 saturated carbocycles. The molecule has 9 nitrogen and oxygen atoms in total. The summed E-state index contributed by atoms with van der Waals surface area (Å²) in [4.78, 5) is 0.191. The minimum absolute atomic E-state index is 0.0181. The van der Waals surface area contributed by atoms with Crippen LogP contribution in [0.5, 0.6) is 0 Å². The van der Waals surface area contributed by atoms with Gasteiger partial charge >= 0.3 is 0 Å². The third-order valence-electron chi connectivity index (χ3n) is 4.23. The smallest absolute Gasteiger partial charge is 0.246 e. The summed E-state index contributed by atoms with van der Waals surface area (Å²) < 4.78 is 63.9. The van der Waals surface area contributed by atoms with E-state index in [1.165, 1.54) is 23.4 Å². The lowest BCUT2D eigenvalue weighted by Crippen LogP contribution is -2.40. The number of benzene rings is 1. The van der Waals surface area contributed by atoms with E-state index in [1.807, 2.05) is 0 Å². The van der Waals surface area contributed by atoms with Gasteiger partial charge in [0.2, 0.25) is 20.0 Å². The quantitative estimate of drug-likeness (QED) is 0.741. The maximum absolute atomic E-state index is 12.6. The summed E-state index contributed by atoms with van der Waals surface area (Å²) >= 11 is 0. The molecule has 1 fully saturated rings. The molecule has 0 radical (unpaired) electrons. The summed E-state index contributed by atoms with van der Waals surface area (Å²) in [6.45, 7) is 4.49. The molecule has 0 amide bonds. The summed E-state index contributed by atoms with van der Waals surface area (Å²) in [5, 5.41) is 3.65. The number of morpholine rings is 1. The molecular formula is C16H21N3O6S2. The minimum atomic E-state index is -3.78. The first-order chi connectivity index (χ1) is 12.7. The predicted octanol–water partition coefficient (Wildman–Crippen LogP) is 0.791. The molecule has 148 valence electrons. The van der Waals surface area contributed by atoms with Gasteiger partial charge in [-0.05, 0) is 31.5 Å². The third kappa shape index (κ3) is 4.22. The van der Waals surface area contributed by atoms with Gasteiger partial charge in [0.1, 0.15) is 10.6 Å². The zero-order valence-corrected chi connectivity index (χ0v) is 16.6. The van der Waals surface area contributed by atoms with Crippen LogP contribution in [0.15, 0.2) is 38.6 Å². The zero-order chi connectivity index (χ0) is 19.7. The largest absolute Gasteiger partial charge is 0.379 e. The Bertz CT molecular complexity index is 987. The van der Waals surface area contributed by atoms with E-state index in [0.717, 1.165) is 0 Å². The number of rotatable bonds is 6. The van der Waals surface area contributed by atoms with Gasteiger partial charge < -0.3 is 9.26 Å². The van der Waals surface area contributed by atoms with Crippen molar-refractivity contribution in [3.8, 4) is 0 Å². The molecular weight excluding hydrogens is 394 g/mol. The predicted molar refractivity (Wildman–Crippen MR) is 96.0 cm³/mol. The number of hydrogen-bond donors (Lipinski definition) is 1. The number of sulfonamides is 2. The molecule has 2 heterocycles. The zero-order valence-electron chi connectivity index (χ0n) is 15.0. The highest BCUT2D eigenvalue weighted by atomic mass is 32.2. The standard InChI is InChI=1S/C16H21N3O6S2/c1-12-16(13(2)25-18-12)26(20,21)17-11-14-3-5-15(6-4-14)27(22,23)19-7-9-24-10-8-19/h3-6,17H,7-11H2,1-2H3. The third-order valence-corrected chi connectivity index (χ3v) is 7.79. The van der Waals surface area contributed by atoms with E-state index in [0.29, 0.717) is 31.9 Å². The van der Waals surface area contributed by atoms with Crippen molar-refractivity contribution in [2.24, 2.45) is 0 Å². The fraction of sp³-hybridized carbons (Fsp3) is 0.438. The number of ether oxygens (including phenoxy) is 1. The van der Waals surface area contributed by atoms with Crippen LogP contribution in [0.2, 0.25) is 0 Å². The Kier molecular flexibility index (Phi) is 5.68. The van der Waals surface area contributed by atoms with Gasteiger partial charge in [0.05, 0.1) is 18.1 Å². The van der Waals surface area contributed by atoms with Crippen molar-refractivity contribution in [2.75, 3.05) is 26.3 Å². The van der Waals surface area contributed by atoms with E-state index < -0.39 is 20.0 Å². The summed E-state index contributed by atoms with van der Waals surface area (Å²) in [6.07, 6.45) is 0. The molecule has 0 unspecified atom stereocenters. The van der Waals surface area contributed by atoms with Crippen LogP contribution in [0.25, 0.3) is 0 Å². The van der Waals surface area contributed by atoms with Crippen molar-refractivity contribution < 1.29 is 26.1 Å². The Balaban J connectivity index is 1.71. The van der Waals surface area contributed by atoms with E-state index in [2.05, 4.69) is 9.88 Å². The number of aromatic nitrogens is 1. The normalized spacial score (nSPS) is 16.5. The van der Waals surface area contributed by atoms with Crippen molar-refractivity contribution in [2.45, 2.75) is 30.2 Å². The van der Waals surface area contributed by atoms with Gasteiger partial charge in [-0.3, -0.25) is 0 Å². The highest BCUT2D eigenvalue weighted by Crippen LogP contribution is 2.20. The lowest BCUT2D eigenvalue weighted by atomic mass is 10.2. The molecule has 1 aromatic carbocycles. The molecule has 1 aliphatic heterocycles. The van der Waals surface area contributed by atoms with Crippen molar-refractivity contribution >= 4 is 20.0 Å². The summed E-state index contributed by atoms with van der Waals surface area (Å²) in [7, 11) is -7.35. The molecule has 11 heteroatoms. The Labute approximate surface area is 158 Å². The fourth-order valence-corrected chi connectivity index (χ4v) is 5.57. The Morgan fingerprint density at radius 2 is 1.70 bits per heavy atom. The number of aryl methyl sites for hydroxylation is 2. The molecule has 1 aliphatic rings. The van der Waals surface area contributed by atoms with Crippen LogP contribution in [0.1, 0.15) is 17.0 Å². The number of nitrogens with zero attached hydrogens (tertiary/aromatic N) is 2. The van der Waals surface area contributed by atoms with Gasteiger partial charge in [-0.2, -0.15) is 4.31 Å². The van der Waals surface area contributed by atoms with Gasteiger partial charge in [0.15, 0.2) is 5.76 Å². The average molecular weight is 415 g/mol. The monoisotopic (exact) mass is 415 g/mol. The van der Waals surface area contributed by atoms with Gasteiger partial charge in [-0.15, -0.1) is 0 Å². The summed E-state index contributed by atoms with van der Waals surface area (Å²) in [6, 6.07) is 6.13. The first-order valence-corrected chi connectivity index (χ1v) is 11.2. The SMILES string of the molecule is Cc1noc(C)c1S(=O)(=O)NCc1ccc(S(=O)(=O)N2CCOCC2)cc1. The molecule has 0 spiro atoms. The van der Waals surface area contributed by atoms with Gasteiger partial charge in [0.25, 0.3) is 0 Å². The molecule has 0 bridgehead atoms. The second-order valence-electron chi connectivity index (χ2n) is 6.14. The number of nitrogens with one attached hydrogen (secondary N) is 1. The van der Waals surface area contributed by atoms with E-state index in [9.17, 15) is 16.8 Å². The van der Waals surface area contributed by atoms with Crippen LogP contribution < -0.4 is 4.72 Å². The Hall–Kier alpha value is -1.79. The van der Waals surface area contributed by atoms with Gasteiger partial charge in [0, 0.05) is 19.6 Å². The maximum atomic E-state index is 12.6. The number of hydrogen-bond acceptors (Lipinski definition) is 7. The van der Waals surface area contributed by atoms with E-state index in [1.54, 1.807) is 19.1 Å². The first kappa shape index (κ1) is 20.0. The fourth-order valence-electron chi connectivity index (χ4n) is 2.82. The Morgan fingerprint density at radius 1 is 1.07 bits per heavy atom. The average Bonchev–Trinajstić information content (AvgIpc) is 3.00. The van der Waals surface area contributed by atoms with Crippen molar-refractivity contribution in [3.05, 3.63) is 41.3 Å². The Morgan fingerprint density at radius 3 is 2.26 bits per heavy atom. The molecule has 1 saturated heterocycles. The van der Waals surface area contributed by atoms with Crippen LogP contribution in [-0.4, -0.2) is 52.6 Å². The summed E-state index contributed by atoms with van der Waals surface area (Å²) in [5.41, 5.74) is 0.915. The lowest BCUT2D eigenvalue weighted by molar-refractivity contribution is 0.0730. The minimum Gasteiger partial charge on any atom is -0.379 e. The van der Waals surface area contributed by atoms with E-state index >= 15 is 0 Å². The molecule has 1 N–H and O–H groups in total. The summed E-state index contributed by atoms with van der Waals surface area (Å²) in [5.74, 6) is 0.215. The van der Waals surface area contributed by atoms with Crippen LogP contribution in [0.3, 0.4) is 0 Å². The second kappa shape index (κ2) is 7.68. The topological polar surface area (TPSA) is 119 Å². The van der Waals surface area contributed by atoms with Crippen molar-refractivity contribution in [1.29, 1.82) is 0 Å². The molecule has 0 atom stereocenters. The van der Waals surface area contributed by atoms with Crippen LogP contribution in [0, 0.1) is 13.8 Å². The van der Waals surface area contributed by atoms with Crippen LogP contribution in [-0.2, 0) is 31.3 Å². The van der Waals surface area contributed by atoms with Gasteiger partial charge in [-0.25, -0.2) is 21.6 Å². The lowest BCUT2D eigenvalue weighted by Gasteiger charge is -2.26. The molecule has 1 aromatic heterocycles. The van der Waals surface area contributed by atoms with Crippen molar-refractivity contribution in [1.82, 2.24) is 14.2 Å². The highest BCUT2D eigenvalue weighted by molar-refractivity contribution is 7.89. The van der Waals surface area contributed by atoms with Crippen LogP contribution in [0.4, 0.5) is 0 Å². The maximum Gasteiger partial charge on any atom is 0.246 e. The van der Waals surface area contributed by atoms with Crippen molar-refractivity contribution in [3.63, 3.8) is 0 Å². The molecule has 27 heavy (non-hydrogen) atoms. The van der Waals surface area contributed by atoms with E-state index in [4.69, 9.17) is 9.26 Å². The van der Waals surface area contributed by atoms with Crippen LogP contribution >= 0.6 is 0 Å². The highest BCUT2D eigenvalue weighted by Gasteiger charge is 2.26. The molecule has 0 aliphatic carbocycles. The van der Waals surface area contributed by atoms with Gasteiger partial charge in [-0.1, -0.05) is 17.3 Å².